The van der Waals surface area contributed by atoms with E-state index in [0.717, 1.165) is 12.2 Å². The Balaban J connectivity index is 5.05. The van der Waals surface area contributed by atoms with Crippen molar-refractivity contribution in [2.45, 2.75) is 18.8 Å². The molecule has 0 heterocycles. The summed E-state index contributed by atoms with van der Waals surface area (Å²) in [4.78, 5) is 21.0. The zero-order chi connectivity index (χ0) is 11.6. The van der Waals surface area contributed by atoms with Crippen LogP contribution in [0.2, 0.25) is 0 Å². The molecule has 0 aliphatic carbocycles. The van der Waals surface area contributed by atoms with Gasteiger partial charge in [-0.15, -0.1) is 0 Å². The van der Waals surface area contributed by atoms with Crippen molar-refractivity contribution in [3.05, 3.63) is 0 Å². The smallest absolute Gasteiger partial charge is 0.448 e. The van der Waals surface area contributed by atoms with Crippen molar-refractivity contribution in [1.29, 1.82) is 0 Å². The van der Waals surface area contributed by atoms with Crippen molar-refractivity contribution < 1.29 is 32.6 Å². The lowest BCUT2D eigenvalue weighted by molar-refractivity contribution is -0.270. The van der Waals surface area contributed by atoms with Crippen LogP contribution in [-0.4, -0.2) is 36.0 Å². The SMILES string of the molecule is COC(=O)C(O)(NC(C)=O)C(F)(F)F. The van der Waals surface area contributed by atoms with Gasteiger partial charge in [-0.3, -0.25) is 4.79 Å². The van der Waals surface area contributed by atoms with E-state index in [1.165, 1.54) is 0 Å². The Hall–Kier alpha value is -1.31. The zero-order valence-electron chi connectivity index (χ0n) is 7.31. The predicted molar refractivity (Wildman–Crippen MR) is 36.8 cm³/mol. The third-order valence-corrected chi connectivity index (χ3v) is 1.25. The zero-order valence-corrected chi connectivity index (χ0v) is 7.31. The second-order valence-corrected chi connectivity index (χ2v) is 2.38. The van der Waals surface area contributed by atoms with E-state index >= 15 is 0 Å². The molecule has 0 rings (SSSR count). The molecule has 1 unspecified atom stereocenters. The van der Waals surface area contributed by atoms with Crippen molar-refractivity contribution >= 4 is 11.9 Å². The maximum Gasteiger partial charge on any atom is 0.448 e. The van der Waals surface area contributed by atoms with Crippen LogP contribution in [0.4, 0.5) is 13.2 Å². The number of esters is 1. The minimum Gasteiger partial charge on any atom is -0.465 e. The van der Waals surface area contributed by atoms with Crippen LogP contribution in [0, 0.1) is 0 Å². The Labute approximate surface area is 76.8 Å². The summed E-state index contributed by atoms with van der Waals surface area (Å²) in [5, 5.41) is 9.92. The van der Waals surface area contributed by atoms with Gasteiger partial charge in [0, 0.05) is 6.92 Å². The molecule has 5 nitrogen and oxygen atoms in total. The number of carbonyl (C=O) groups is 2. The second kappa shape index (κ2) is 3.82. The predicted octanol–water partition coefficient (Wildman–Crippen LogP) is -0.454. The van der Waals surface area contributed by atoms with Crippen molar-refractivity contribution in [1.82, 2.24) is 5.32 Å². The van der Waals surface area contributed by atoms with Crippen LogP contribution in [0.1, 0.15) is 6.92 Å². The summed E-state index contributed by atoms with van der Waals surface area (Å²) in [5.41, 5.74) is -3.99. The minimum atomic E-state index is -5.34. The first kappa shape index (κ1) is 12.7. The molecule has 0 bridgehead atoms. The van der Waals surface area contributed by atoms with E-state index in [2.05, 4.69) is 4.74 Å². The van der Waals surface area contributed by atoms with Gasteiger partial charge in [-0.1, -0.05) is 0 Å². The molecule has 0 saturated carbocycles. The molecule has 0 aromatic heterocycles. The van der Waals surface area contributed by atoms with E-state index in [4.69, 9.17) is 5.11 Å². The number of methoxy groups -OCH3 is 1. The fourth-order valence-electron chi connectivity index (χ4n) is 0.640. The molecule has 14 heavy (non-hydrogen) atoms. The highest BCUT2D eigenvalue weighted by molar-refractivity contribution is 5.86. The summed E-state index contributed by atoms with van der Waals surface area (Å²) in [6.45, 7) is 0.722. The summed E-state index contributed by atoms with van der Waals surface area (Å²) in [6, 6.07) is 0. The number of rotatable bonds is 2. The summed E-state index contributed by atoms with van der Waals surface area (Å²) in [5.74, 6) is -3.21. The Bertz CT molecular complexity index is 252. The summed E-state index contributed by atoms with van der Waals surface area (Å²) in [7, 11) is 0.654. The quantitative estimate of drug-likeness (QED) is 0.483. The Kier molecular flexibility index (Phi) is 3.47. The van der Waals surface area contributed by atoms with Crippen molar-refractivity contribution in [2.24, 2.45) is 0 Å². The molecule has 0 spiro atoms. The lowest BCUT2D eigenvalue weighted by Gasteiger charge is -2.27. The number of alkyl halides is 3. The Morgan fingerprint density at radius 3 is 2.00 bits per heavy atom. The third kappa shape index (κ3) is 2.34. The van der Waals surface area contributed by atoms with Gasteiger partial charge in [0.25, 0.3) is 0 Å². The van der Waals surface area contributed by atoms with Crippen LogP contribution in [0.25, 0.3) is 0 Å². The van der Waals surface area contributed by atoms with Gasteiger partial charge in [0.15, 0.2) is 0 Å². The molecular formula is C6H8F3NO4. The van der Waals surface area contributed by atoms with Gasteiger partial charge < -0.3 is 15.2 Å². The van der Waals surface area contributed by atoms with E-state index < -0.39 is 23.8 Å². The number of hydrogen-bond acceptors (Lipinski definition) is 4. The van der Waals surface area contributed by atoms with Crippen LogP contribution in [-0.2, 0) is 14.3 Å². The first-order valence-electron chi connectivity index (χ1n) is 3.31. The average Bonchev–Trinajstić information content (AvgIpc) is 1.99. The fraction of sp³-hybridized carbons (Fsp3) is 0.667. The number of ether oxygens (including phenoxy) is 1. The largest absolute Gasteiger partial charge is 0.465 e. The van der Waals surface area contributed by atoms with Crippen LogP contribution >= 0.6 is 0 Å². The molecule has 1 amide bonds. The topological polar surface area (TPSA) is 75.6 Å². The van der Waals surface area contributed by atoms with Gasteiger partial charge in [0.1, 0.15) is 0 Å². The number of aliphatic hydroxyl groups is 1. The summed E-state index contributed by atoms with van der Waals surface area (Å²) in [6.07, 6.45) is -5.34. The summed E-state index contributed by atoms with van der Waals surface area (Å²) < 4.78 is 40.1. The molecule has 0 aromatic carbocycles. The maximum atomic E-state index is 12.1. The first-order valence-corrected chi connectivity index (χ1v) is 3.31. The van der Waals surface area contributed by atoms with Gasteiger partial charge in [-0.2, -0.15) is 13.2 Å². The van der Waals surface area contributed by atoms with Crippen molar-refractivity contribution in [3.63, 3.8) is 0 Å². The number of halogens is 3. The molecule has 1 atom stereocenters. The van der Waals surface area contributed by atoms with E-state index in [1.54, 1.807) is 0 Å². The Morgan fingerprint density at radius 2 is 1.79 bits per heavy atom. The molecular weight excluding hydrogens is 207 g/mol. The molecule has 2 N–H and O–H groups in total. The van der Waals surface area contributed by atoms with Gasteiger partial charge in [-0.25, -0.2) is 4.79 Å². The van der Waals surface area contributed by atoms with Crippen molar-refractivity contribution in [2.75, 3.05) is 7.11 Å². The number of nitrogens with one attached hydrogen (secondary N) is 1. The van der Waals surface area contributed by atoms with Gasteiger partial charge in [0.2, 0.25) is 5.91 Å². The second-order valence-electron chi connectivity index (χ2n) is 2.38. The number of hydrogen-bond donors (Lipinski definition) is 2. The highest BCUT2D eigenvalue weighted by atomic mass is 19.4. The average molecular weight is 215 g/mol. The molecule has 0 aliphatic rings. The summed E-state index contributed by atoms with van der Waals surface area (Å²) >= 11 is 0. The molecule has 0 saturated heterocycles. The van der Waals surface area contributed by atoms with E-state index in [0.29, 0.717) is 7.11 Å². The van der Waals surface area contributed by atoms with Crippen LogP contribution in [0.3, 0.4) is 0 Å². The van der Waals surface area contributed by atoms with Crippen molar-refractivity contribution in [3.8, 4) is 0 Å². The van der Waals surface area contributed by atoms with E-state index in [1.807, 2.05) is 0 Å². The molecule has 8 heteroatoms. The molecule has 82 valence electrons. The van der Waals surface area contributed by atoms with Crippen LogP contribution in [0.5, 0.6) is 0 Å². The maximum absolute atomic E-state index is 12.1. The number of carbonyl (C=O) groups excluding carboxylic acids is 2. The van der Waals surface area contributed by atoms with Crippen LogP contribution in [0.15, 0.2) is 0 Å². The third-order valence-electron chi connectivity index (χ3n) is 1.25. The molecule has 0 aromatic rings. The first-order chi connectivity index (χ1) is 6.15. The minimum absolute atomic E-state index is 0.654. The van der Waals surface area contributed by atoms with Crippen LogP contribution < -0.4 is 5.32 Å². The molecule has 0 aliphatic heterocycles. The normalized spacial score (nSPS) is 15.6. The van der Waals surface area contributed by atoms with E-state index in [9.17, 15) is 22.8 Å². The molecule has 0 radical (unpaired) electrons. The monoisotopic (exact) mass is 215 g/mol. The lowest BCUT2D eigenvalue weighted by atomic mass is 10.2. The van der Waals surface area contributed by atoms with E-state index in [-0.39, 0.29) is 0 Å². The number of amides is 1. The standard InChI is InChI=1S/C6H8F3NO4/c1-3(11)10-5(13,4(12)14-2)6(7,8)9/h13H,1-2H3,(H,10,11). The Morgan fingerprint density at radius 1 is 1.36 bits per heavy atom. The lowest BCUT2D eigenvalue weighted by Crippen LogP contribution is -2.64. The fourth-order valence-corrected chi connectivity index (χ4v) is 0.640. The van der Waals surface area contributed by atoms with Gasteiger partial charge in [-0.05, 0) is 0 Å². The highest BCUT2D eigenvalue weighted by Gasteiger charge is 2.62. The van der Waals surface area contributed by atoms with Gasteiger partial charge in [0.05, 0.1) is 7.11 Å². The molecule has 0 fully saturated rings. The highest BCUT2D eigenvalue weighted by Crippen LogP contribution is 2.29. The van der Waals surface area contributed by atoms with Gasteiger partial charge >= 0.3 is 17.9 Å².